The molecule has 1 saturated heterocycles. The van der Waals surface area contributed by atoms with Gasteiger partial charge in [-0.05, 0) is 50.2 Å². The Hall–Kier alpha value is -0.710. The van der Waals surface area contributed by atoms with Gasteiger partial charge in [0.2, 0.25) is 10.0 Å². The van der Waals surface area contributed by atoms with E-state index in [0.29, 0.717) is 13.2 Å². The molecule has 1 aromatic carbocycles. The van der Waals surface area contributed by atoms with E-state index in [1.807, 2.05) is 0 Å². The van der Waals surface area contributed by atoms with Crippen molar-refractivity contribution in [3.05, 3.63) is 24.3 Å². The molecule has 26 heavy (non-hydrogen) atoms. The molecule has 7 nitrogen and oxygen atoms in total. The van der Waals surface area contributed by atoms with Crippen LogP contribution in [0.3, 0.4) is 0 Å². The summed E-state index contributed by atoms with van der Waals surface area (Å²) in [6.45, 7) is 3.99. The van der Waals surface area contributed by atoms with E-state index >= 15 is 0 Å². The molecule has 1 heterocycles. The molecule has 0 amide bonds. The van der Waals surface area contributed by atoms with Gasteiger partial charge >= 0.3 is 0 Å². The molecule has 0 saturated carbocycles. The third-order valence-corrected chi connectivity index (χ3v) is 7.79. The van der Waals surface area contributed by atoms with Gasteiger partial charge in [-0.25, -0.2) is 21.6 Å². The van der Waals surface area contributed by atoms with Crippen LogP contribution in [0.2, 0.25) is 0 Å². The summed E-state index contributed by atoms with van der Waals surface area (Å²) in [5, 5.41) is 3.26. The highest BCUT2D eigenvalue weighted by Crippen LogP contribution is 2.29. The lowest BCUT2D eigenvalue weighted by Gasteiger charge is -2.37. The number of hydrogen-bond acceptors (Lipinski definition) is 6. The van der Waals surface area contributed by atoms with Crippen LogP contribution < -0.4 is 10.0 Å². The van der Waals surface area contributed by atoms with Crippen molar-refractivity contribution < 1.29 is 21.6 Å². The average Bonchev–Trinajstić information content (AvgIpc) is 2.61. The Morgan fingerprint density at radius 2 is 1.62 bits per heavy atom. The second-order valence-electron chi connectivity index (χ2n) is 6.38. The van der Waals surface area contributed by atoms with E-state index < -0.39 is 19.9 Å². The lowest BCUT2D eigenvalue weighted by molar-refractivity contribution is 0.0577. The predicted molar refractivity (Wildman–Crippen MR) is 103 cm³/mol. The van der Waals surface area contributed by atoms with Gasteiger partial charge in [-0.15, -0.1) is 12.4 Å². The minimum absolute atomic E-state index is 0. The molecule has 0 bridgehead atoms. The molecule has 2 rings (SSSR count). The van der Waals surface area contributed by atoms with Crippen molar-refractivity contribution >= 4 is 32.3 Å². The second kappa shape index (κ2) is 9.48. The summed E-state index contributed by atoms with van der Waals surface area (Å²) in [5.74, 6) is -0.0229. The SMILES string of the molecule is CCS(=O)(=O)c1ccc(S(=O)(=O)NCC2(COC)CCNCC2)cc1.Cl. The van der Waals surface area contributed by atoms with Crippen LogP contribution in [0.1, 0.15) is 19.8 Å². The first-order valence-electron chi connectivity index (χ1n) is 8.27. The maximum Gasteiger partial charge on any atom is 0.240 e. The first-order chi connectivity index (χ1) is 11.7. The molecule has 2 N–H and O–H groups in total. The summed E-state index contributed by atoms with van der Waals surface area (Å²) in [6, 6.07) is 5.33. The Kier molecular flexibility index (Phi) is 8.50. The lowest BCUT2D eigenvalue weighted by Crippen LogP contribution is -2.47. The monoisotopic (exact) mass is 426 g/mol. The zero-order valence-corrected chi connectivity index (χ0v) is 17.5. The molecule has 0 aliphatic carbocycles. The quantitative estimate of drug-likeness (QED) is 0.647. The van der Waals surface area contributed by atoms with Crippen molar-refractivity contribution in [1.29, 1.82) is 0 Å². The molecule has 10 heteroatoms. The van der Waals surface area contributed by atoms with Gasteiger partial charge in [-0.1, -0.05) is 6.92 Å². The normalized spacial score (nSPS) is 17.5. The summed E-state index contributed by atoms with van der Waals surface area (Å²) in [5.41, 5.74) is -0.224. The zero-order valence-electron chi connectivity index (χ0n) is 15.0. The Morgan fingerprint density at radius 3 is 2.12 bits per heavy atom. The molecule has 150 valence electrons. The Morgan fingerprint density at radius 1 is 1.08 bits per heavy atom. The molecule has 0 radical (unpaired) electrons. The van der Waals surface area contributed by atoms with Crippen molar-refractivity contribution in [2.75, 3.05) is 39.1 Å². The van der Waals surface area contributed by atoms with E-state index in [4.69, 9.17) is 4.74 Å². The van der Waals surface area contributed by atoms with E-state index in [1.165, 1.54) is 24.3 Å². The number of methoxy groups -OCH3 is 1. The number of halogens is 1. The molecule has 1 aromatic rings. The third-order valence-electron chi connectivity index (χ3n) is 4.63. The van der Waals surface area contributed by atoms with Gasteiger partial charge in [-0.3, -0.25) is 0 Å². The van der Waals surface area contributed by atoms with Crippen LogP contribution in [0.25, 0.3) is 0 Å². The fraction of sp³-hybridized carbons (Fsp3) is 0.625. The van der Waals surface area contributed by atoms with E-state index in [0.717, 1.165) is 25.9 Å². The van der Waals surface area contributed by atoms with Gasteiger partial charge in [0, 0.05) is 19.1 Å². The van der Waals surface area contributed by atoms with Crippen LogP contribution in [0.5, 0.6) is 0 Å². The first kappa shape index (κ1) is 23.3. The van der Waals surface area contributed by atoms with Crippen LogP contribution in [-0.2, 0) is 24.6 Å². The van der Waals surface area contributed by atoms with Gasteiger partial charge in [0.1, 0.15) is 0 Å². The van der Waals surface area contributed by atoms with Crippen molar-refractivity contribution in [2.24, 2.45) is 5.41 Å². The Bertz CT molecular complexity index is 768. The van der Waals surface area contributed by atoms with E-state index in [1.54, 1.807) is 14.0 Å². The van der Waals surface area contributed by atoms with Crippen molar-refractivity contribution in [2.45, 2.75) is 29.6 Å². The lowest BCUT2D eigenvalue weighted by atomic mass is 9.80. The Labute approximate surface area is 162 Å². The van der Waals surface area contributed by atoms with Crippen LogP contribution in [0.15, 0.2) is 34.1 Å². The van der Waals surface area contributed by atoms with Crippen molar-refractivity contribution in [3.63, 3.8) is 0 Å². The van der Waals surface area contributed by atoms with Crippen LogP contribution in [0.4, 0.5) is 0 Å². The number of rotatable bonds is 8. The maximum absolute atomic E-state index is 12.5. The Balaban J connectivity index is 0.00000338. The van der Waals surface area contributed by atoms with Gasteiger partial charge in [0.15, 0.2) is 9.84 Å². The summed E-state index contributed by atoms with van der Waals surface area (Å²) in [6.07, 6.45) is 1.66. The molecule has 1 aliphatic heterocycles. The highest BCUT2D eigenvalue weighted by Gasteiger charge is 2.33. The van der Waals surface area contributed by atoms with E-state index in [2.05, 4.69) is 10.0 Å². The van der Waals surface area contributed by atoms with Gasteiger partial charge in [0.25, 0.3) is 0 Å². The molecule has 0 spiro atoms. The highest BCUT2D eigenvalue weighted by molar-refractivity contribution is 7.91. The predicted octanol–water partition coefficient (Wildman–Crippen LogP) is 1.20. The summed E-state index contributed by atoms with van der Waals surface area (Å²) in [4.78, 5) is 0.187. The van der Waals surface area contributed by atoms with E-state index in [9.17, 15) is 16.8 Å². The molecule has 1 fully saturated rings. The van der Waals surface area contributed by atoms with Crippen LogP contribution in [-0.4, -0.2) is 55.9 Å². The van der Waals surface area contributed by atoms with Crippen LogP contribution >= 0.6 is 12.4 Å². The smallest absolute Gasteiger partial charge is 0.240 e. The van der Waals surface area contributed by atoms with Crippen molar-refractivity contribution in [1.82, 2.24) is 10.0 Å². The third kappa shape index (κ3) is 5.64. The summed E-state index contributed by atoms with van der Waals surface area (Å²) in [7, 11) is -5.44. The van der Waals surface area contributed by atoms with Gasteiger partial charge in [-0.2, -0.15) is 0 Å². The minimum Gasteiger partial charge on any atom is -0.384 e. The molecule has 0 atom stereocenters. The standard InChI is InChI=1S/C16H26N2O5S2.ClH/c1-3-24(19,20)14-4-6-15(7-5-14)25(21,22)18-12-16(13-23-2)8-10-17-11-9-16;/h4-7,17-18H,3,8-13H2,1-2H3;1H. The summed E-state index contributed by atoms with van der Waals surface area (Å²) >= 11 is 0. The average molecular weight is 427 g/mol. The summed E-state index contributed by atoms with van der Waals surface area (Å²) < 4.78 is 56.7. The van der Waals surface area contributed by atoms with Gasteiger partial charge in [0.05, 0.1) is 22.2 Å². The molecule has 0 unspecified atom stereocenters. The molecular formula is C16H27ClN2O5S2. The molecule has 0 aromatic heterocycles. The minimum atomic E-state index is -3.71. The molecule has 1 aliphatic rings. The number of piperidine rings is 1. The number of sulfonamides is 1. The van der Waals surface area contributed by atoms with E-state index in [-0.39, 0.29) is 33.4 Å². The number of benzene rings is 1. The number of nitrogens with one attached hydrogen (secondary N) is 2. The number of sulfone groups is 1. The maximum atomic E-state index is 12.5. The highest BCUT2D eigenvalue weighted by atomic mass is 35.5. The van der Waals surface area contributed by atoms with Crippen LogP contribution in [0, 0.1) is 5.41 Å². The first-order valence-corrected chi connectivity index (χ1v) is 11.4. The zero-order chi connectivity index (χ0) is 18.6. The molecular weight excluding hydrogens is 400 g/mol. The van der Waals surface area contributed by atoms with Gasteiger partial charge < -0.3 is 10.1 Å². The topological polar surface area (TPSA) is 102 Å². The second-order valence-corrected chi connectivity index (χ2v) is 10.4. The number of ether oxygens (including phenoxy) is 1. The number of hydrogen-bond donors (Lipinski definition) is 2. The van der Waals surface area contributed by atoms with Crippen molar-refractivity contribution in [3.8, 4) is 0 Å². The fourth-order valence-corrected chi connectivity index (χ4v) is 5.00. The fourth-order valence-electron chi connectivity index (χ4n) is 2.96. The largest absolute Gasteiger partial charge is 0.384 e.